The number of rotatable bonds is 6. The summed E-state index contributed by atoms with van der Waals surface area (Å²) in [5, 5.41) is 2.63. The van der Waals surface area contributed by atoms with Gasteiger partial charge in [0, 0.05) is 17.1 Å². The van der Waals surface area contributed by atoms with Gasteiger partial charge in [0.2, 0.25) is 5.91 Å². The first-order valence-electron chi connectivity index (χ1n) is 7.44. The third-order valence-electron chi connectivity index (χ3n) is 3.34. The maximum atomic E-state index is 12.2. The zero-order chi connectivity index (χ0) is 17.9. The van der Waals surface area contributed by atoms with E-state index in [1.807, 2.05) is 26.2 Å². The topological polar surface area (TPSA) is 86.8 Å². The van der Waals surface area contributed by atoms with Crippen molar-refractivity contribution in [3.63, 3.8) is 0 Å². The van der Waals surface area contributed by atoms with Crippen LogP contribution in [0.5, 0.6) is 0 Å². The smallest absolute Gasteiger partial charge is 0.324 e. The number of benzene rings is 1. The molecule has 24 heavy (non-hydrogen) atoms. The van der Waals surface area contributed by atoms with Crippen molar-refractivity contribution >= 4 is 41.2 Å². The summed E-state index contributed by atoms with van der Waals surface area (Å²) in [5.41, 5.74) is 0.566. The number of urea groups is 1. The Morgan fingerprint density at radius 1 is 1.17 bits per heavy atom. The van der Waals surface area contributed by atoms with E-state index < -0.39 is 30.3 Å². The normalized spacial score (nSPS) is 14.8. The lowest BCUT2D eigenvalue weighted by molar-refractivity contribution is -0.143. The first-order chi connectivity index (χ1) is 11.3. The predicted octanol–water partition coefficient (Wildman–Crippen LogP) is 1.79. The van der Waals surface area contributed by atoms with Crippen molar-refractivity contribution in [1.82, 2.24) is 9.80 Å². The number of carbonyl (C=O) groups excluding carboxylic acids is 4. The molecule has 0 unspecified atom stereocenters. The molecule has 1 aromatic rings. The summed E-state index contributed by atoms with van der Waals surface area (Å²) in [4.78, 5) is 50.6. The predicted molar refractivity (Wildman–Crippen MR) is 90.5 cm³/mol. The first-order valence-corrected chi connectivity index (χ1v) is 8.67. The van der Waals surface area contributed by atoms with E-state index in [2.05, 4.69) is 5.32 Å². The maximum absolute atomic E-state index is 12.2. The molecule has 8 heteroatoms. The van der Waals surface area contributed by atoms with Crippen molar-refractivity contribution in [3.05, 3.63) is 24.3 Å². The molecule has 0 bridgehead atoms. The number of anilines is 1. The maximum Gasteiger partial charge on any atom is 0.334 e. The van der Waals surface area contributed by atoms with Gasteiger partial charge in [0.25, 0.3) is 0 Å². The Morgan fingerprint density at radius 2 is 1.83 bits per heavy atom. The van der Waals surface area contributed by atoms with Gasteiger partial charge in [-0.2, -0.15) is 0 Å². The van der Waals surface area contributed by atoms with Crippen LogP contribution in [-0.2, 0) is 14.4 Å². The fraction of sp³-hybridized carbons (Fsp3) is 0.375. The molecule has 5 amide bonds. The van der Waals surface area contributed by atoms with Gasteiger partial charge in [0.1, 0.15) is 6.54 Å². The van der Waals surface area contributed by atoms with Gasteiger partial charge in [-0.05, 0) is 30.4 Å². The summed E-state index contributed by atoms with van der Waals surface area (Å²) in [6.45, 7) is 3.33. The fourth-order valence-corrected chi connectivity index (χ4v) is 2.72. The standard InChI is InChI=1S/C16H19N3O4S/c1-10(2)8-18-14(21)15(22)19(16(18)23)9-13(20)17-11-5-4-6-12(7-11)24-3/h4-7,10H,8-9H2,1-3H3,(H,17,20). The quantitative estimate of drug-likeness (QED) is 0.481. The molecule has 0 aliphatic carbocycles. The van der Waals surface area contributed by atoms with Crippen LogP contribution in [0, 0.1) is 5.92 Å². The molecule has 2 rings (SSSR count). The molecule has 1 saturated heterocycles. The highest BCUT2D eigenvalue weighted by molar-refractivity contribution is 7.98. The van der Waals surface area contributed by atoms with Gasteiger partial charge in [-0.25, -0.2) is 9.69 Å². The molecule has 0 atom stereocenters. The molecule has 0 saturated carbocycles. The second kappa shape index (κ2) is 7.48. The Kier molecular flexibility index (Phi) is 5.61. The van der Waals surface area contributed by atoms with Crippen LogP contribution >= 0.6 is 11.8 Å². The molecule has 1 N–H and O–H groups in total. The molecule has 0 aromatic heterocycles. The van der Waals surface area contributed by atoms with E-state index >= 15 is 0 Å². The number of nitrogens with one attached hydrogen (secondary N) is 1. The Labute approximate surface area is 144 Å². The van der Waals surface area contributed by atoms with Crippen LogP contribution in [-0.4, -0.2) is 52.9 Å². The van der Waals surface area contributed by atoms with E-state index in [0.717, 1.165) is 9.80 Å². The van der Waals surface area contributed by atoms with Gasteiger partial charge in [0.15, 0.2) is 0 Å². The van der Waals surface area contributed by atoms with Gasteiger partial charge in [-0.1, -0.05) is 19.9 Å². The second-order valence-electron chi connectivity index (χ2n) is 5.76. The van der Waals surface area contributed by atoms with Gasteiger partial charge >= 0.3 is 17.8 Å². The number of amides is 5. The van der Waals surface area contributed by atoms with Crippen LogP contribution in [0.15, 0.2) is 29.2 Å². The molecule has 0 spiro atoms. The lowest BCUT2D eigenvalue weighted by Crippen LogP contribution is -2.39. The number of imide groups is 2. The fourth-order valence-electron chi connectivity index (χ4n) is 2.26. The first kappa shape index (κ1) is 18.0. The summed E-state index contributed by atoms with van der Waals surface area (Å²) < 4.78 is 0. The molecule has 7 nitrogen and oxygen atoms in total. The van der Waals surface area contributed by atoms with E-state index in [1.54, 1.807) is 18.2 Å². The van der Waals surface area contributed by atoms with Crippen molar-refractivity contribution in [2.24, 2.45) is 5.92 Å². The Hall–Kier alpha value is -2.35. The molecule has 1 fully saturated rings. The molecule has 0 radical (unpaired) electrons. The molecule has 128 valence electrons. The highest BCUT2D eigenvalue weighted by atomic mass is 32.2. The highest BCUT2D eigenvalue weighted by Crippen LogP contribution is 2.19. The van der Waals surface area contributed by atoms with E-state index in [9.17, 15) is 19.2 Å². The molecular weight excluding hydrogens is 330 g/mol. The van der Waals surface area contributed by atoms with Crippen LogP contribution in [0.25, 0.3) is 0 Å². The lowest BCUT2D eigenvalue weighted by Gasteiger charge is -2.16. The zero-order valence-corrected chi connectivity index (χ0v) is 14.6. The van der Waals surface area contributed by atoms with Crippen molar-refractivity contribution < 1.29 is 19.2 Å². The van der Waals surface area contributed by atoms with Crippen molar-refractivity contribution in [3.8, 4) is 0 Å². The summed E-state index contributed by atoms with van der Waals surface area (Å²) >= 11 is 1.53. The van der Waals surface area contributed by atoms with Crippen LogP contribution in [0.2, 0.25) is 0 Å². The van der Waals surface area contributed by atoms with E-state index in [4.69, 9.17) is 0 Å². The largest absolute Gasteiger partial charge is 0.334 e. The minimum Gasteiger partial charge on any atom is -0.324 e. The number of hydrogen-bond donors (Lipinski definition) is 1. The van der Waals surface area contributed by atoms with Gasteiger partial charge in [0.05, 0.1) is 0 Å². The number of thioether (sulfide) groups is 1. The van der Waals surface area contributed by atoms with Crippen LogP contribution in [0.3, 0.4) is 0 Å². The van der Waals surface area contributed by atoms with Crippen LogP contribution < -0.4 is 5.32 Å². The Morgan fingerprint density at radius 3 is 2.46 bits per heavy atom. The molecule has 1 heterocycles. The van der Waals surface area contributed by atoms with Crippen molar-refractivity contribution in [2.75, 3.05) is 24.7 Å². The number of hydrogen-bond acceptors (Lipinski definition) is 5. The van der Waals surface area contributed by atoms with Crippen LogP contribution in [0.4, 0.5) is 10.5 Å². The molecular formula is C16H19N3O4S. The Bertz CT molecular complexity index is 690. The van der Waals surface area contributed by atoms with Crippen LogP contribution in [0.1, 0.15) is 13.8 Å². The summed E-state index contributed by atoms with van der Waals surface area (Å²) in [5.74, 6) is -2.34. The zero-order valence-electron chi connectivity index (χ0n) is 13.7. The number of nitrogens with zero attached hydrogens (tertiary/aromatic N) is 2. The highest BCUT2D eigenvalue weighted by Gasteiger charge is 2.45. The molecule has 1 aliphatic rings. The minimum absolute atomic E-state index is 0.0359. The second-order valence-corrected chi connectivity index (χ2v) is 6.64. The van der Waals surface area contributed by atoms with Gasteiger partial charge < -0.3 is 5.32 Å². The van der Waals surface area contributed by atoms with Gasteiger partial charge in [-0.3, -0.25) is 19.3 Å². The third kappa shape index (κ3) is 3.94. The van der Waals surface area contributed by atoms with E-state index in [1.165, 1.54) is 11.8 Å². The molecule has 1 aliphatic heterocycles. The van der Waals surface area contributed by atoms with Crippen molar-refractivity contribution in [1.29, 1.82) is 0 Å². The summed E-state index contributed by atoms with van der Waals surface area (Å²) in [6, 6.07) is 6.44. The average Bonchev–Trinajstić information content (AvgIpc) is 2.72. The van der Waals surface area contributed by atoms with Crippen molar-refractivity contribution in [2.45, 2.75) is 18.7 Å². The van der Waals surface area contributed by atoms with E-state index in [0.29, 0.717) is 10.6 Å². The number of carbonyl (C=O) groups is 4. The van der Waals surface area contributed by atoms with Gasteiger partial charge in [-0.15, -0.1) is 11.8 Å². The Balaban J connectivity index is 2.04. The minimum atomic E-state index is -0.964. The average molecular weight is 349 g/mol. The summed E-state index contributed by atoms with van der Waals surface area (Å²) in [6.07, 6.45) is 1.91. The summed E-state index contributed by atoms with van der Waals surface area (Å²) in [7, 11) is 0. The van der Waals surface area contributed by atoms with E-state index in [-0.39, 0.29) is 12.5 Å². The lowest BCUT2D eigenvalue weighted by atomic mass is 10.2. The third-order valence-corrected chi connectivity index (χ3v) is 4.06. The molecule has 1 aromatic carbocycles. The SMILES string of the molecule is CSc1cccc(NC(=O)CN2C(=O)C(=O)N(CC(C)C)C2=O)c1. The monoisotopic (exact) mass is 349 g/mol.